The molecule has 1 heterocycles. The molecule has 31 heavy (non-hydrogen) atoms. The van der Waals surface area contributed by atoms with Gasteiger partial charge >= 0.3 is 6.18 Å². The molecule has 0 aliphatic heterocycles. The van der Waals surface area contributed by atoms with E-state index in [0.717, 1.165) is 11.5 Å². The Bertz CT molecular complexity index is 1200. The number of halogens is 5. The maximum Gasteiger partial charge on any atom is 0.419 e. The summed E-state index contributed by atoms with van der Waals surface area (Å²) in [4.78, 5) is 12.4. The zero-order valence-electron chi connectivity index (χ0n) is 15.8. The van der Waals surface area contributed by atoms with Crippen LogP contribution in [0, 0.1) is 17.7 Å². The van der Waals surface area contributed by atoms with E-state index in [1.807, 2.05) is 0 Å². The Labute approximate surface area is 178 Å². The second-order valence-corrected chi connectivity index (χ2v) is 8.68. The lowest BCUT2D eigenvalue weighted by atomic mass is 9.86. The summed E-state index contributed by atoms with van der Waals surface area (Å²) in [6.07, 6.45) is -2.52. The Morgan fingerprint density at radius 3 is 2.61 bits per heavy atom. The zero-order chi connectivity index (χ0) is 22.1. The molecule has 0 saturated heterocycles. The number of aromatic nitrogens is 2. The highest BCUT2D eigenvalue weighted by atomic mass is 35.5. The molecule has 2 aliphatic carbocycles. The molecule has 162 valence electrons. The number of rotatable bonds is 3. The standard InChI is InChI=1S/C21H16ClF4N3O2/c22-10-4-14(13-8-27-29-17(13)5-10)20(31)6-11-12(7-20)18(11)28-19(30)9-1-2-16(23)15(3-9)21(24,25)26/h1-5,8,11-12,18,31H,6-7H2,(H,27,29)(H,28,30)/t11-,12+,18+,20+. The number of amides is 1. The first kappa shape index (κ1) is 20.3. The van der Waals surface area contributed by atoms with Gasteiger partial charge in [0.05, 0.1) is 22.9 Å². The van der Waals surface area contributed by atoms with E-state index in [4.69, 9.17) is 11.6 Å². The van der Waals surface area contributed by atoms with Crippen LogP contribution in [-0.2, 0) is 11.8 Å². The number of hydrogen-bond acceptors (Lipinski definition) is 3. The quantitative estimate of drug-likeness (QED) is 0.514. The highest BCUT2D eigenvalue weighted by Crippen LogP contribution is 2.60. The van der Waals surface area contributed by atoms with Crippen LogP contribution in [0.3, 0.4) is 0 Å². The van der Waals surface area contributed by atoms with Crippen molar-refractivity contribution in [2.45, 2.75) is 30.7 Å². The Morgan fingerprint density at radius 2 is 1.94 bits per heavy atom. The van der Waals surface area contributed by atoms with Gasteiger partial charge in [-0.2, -0.15) is 18.3 Å². The fourth-order valence-electron chi connectivity index (χ4n) is 4.82. The normalized spacial score (nSPS) is 27.4. The summed E-state index contributed by atoms with van der Waals surface area (Å²) in [6.45, 7) is 0. The minimum Gasteiger partial charge on any atom is -0.385 e. The van der Waals surface area contributed by atoms with Gasteiger partial charge in [-0.3, -0.25) is 9.89 Å². The highest BCUT2D eigenvalue weighted by Gasteiger charge is 2.62. The van der Waals surface area contributed by atoms with Crippen LogP contribution in [0.2, 0.25) is 5.02 Å². The van der Waals surface area contributed by atoms with Crippen molar-refractivity contribution in [3.8, 4) is 0 Å². The number of aromatic amines is 1. The van der Waals surface area contributed by atoms with E-state index in [1.54, 1.807) is 18.3 Å². The third kappa shape index (κ3) is 3.36. The first-order valence-electron chi connectivity index (χ1n) is 9.60. The molecule has 5 nitrogen and oxygen atoms in total. The van der Waals surface area contributed by atoms with Crippen LogP contribution in [0.5, 0.6) is 0 Å². The van der Waals surface area contributed by atoms with Crippen LogP contribution in [0.25, 0.3) is 10.9 Å². The molecule has 5 rings (SSSR count). The van der Waals surface area contributed by atoms with E-state index < -0.39 is 29.1 Å². The van der Waals surface area contributed by atoms with Crippen LogP contribution in [-0.4, -0.2) is 27.3 Å². The van der Waals surface area contributed by atoms with E-state index in [9.17, 15) is 27.5 Å². The van der Waals surface area contributed by atoms with Crippen molar-refractivity contribution < 1.29 is 27.5 Å². The Balaban J connectivity index is 1.31. The van der Waals surface area contributed by atoms with Gasteiger partial charge in [0.15, 0.2) is 0 Å². The third-order valence-electron chi connectivity index (χ3n) is 6.33. The van der Waals surface area contributed by atoms with Crippen LogP contribution in [0.15, 0.2) is 36.5 Å². The minimum atomic E-state index is -4.89. The van der Waals surface area contributed by atoms with Crippen molar-refractivity contribution in [1.82, 2.24) is 15.5 Å². The summed E-state index contributed by atoms with van der Waals surface area (Å²) in [5, 5.41) is 22.0. The highest BCUT2D eigenvalue weighted by molar-refractivity contribution is 6.31. The number of nitrogens with one attached hydrogen (secondary N) is 2. The summed E-state index contributed by atoms with van der Waals surface area (Å²) in [5.74, 6) is -2.16. The minimum absolute atomic E-state index is 0.0163. The van der Waals surface area contributed by atoms with Gasteiger partial charge in [-0.25, -0.2) is 4.39 Å². The first-order valence-corrected chi connectivity index (χ1v) is 9.98. The smallest absolute Gasteiger partial charge is 0.385 e. The molecule has 1 aromatic heterocycles. The Morgan fingerprint density at radius 1 is 1.23 bits per heavy atom. The van der Waals surface area contributed by atoms with Gasteiger partial charge in [0.2, 0.25) is 0 Å². The SMILES string of the molecule is O=C(N[C@H]1[C@@H]2C[C@@](O)(c3cc(Cl)cc4[nH]ncc34)C[C@@H]21)c1ccc(F)c(C(F)(F)F)c1. The molecule has 0 spiro atoms. The molecule has 2 aromatic carbocycles. The van der Waals surface area contributed by atoms with E-state index in [1.165, 1.54) is 0 Å². The molecule has 4 atom stereocenters. The number of aliphatic hydroxyl groups is 1. The van der Waals surface area contributed by atoms with Crippen molar-refractivity contribution >= 4 is 28.4 Å². The van der Waals surface area contributed by atoms with Crippen molar-refractivity contribution in [1.29, 1.82) is 0 Å². The van der Waals surface area contributed by atoms with Crippen LogP contribution >= 0.6 is 11.6 Å². The van der Waals surface area contributed by atoms with Crippen molar-refractivity contribution in [2.75, 3.05) is 0 Å². The van der Waals surface area contributed by atoms with Crippen molar-refractivity contribution in [3.63, 3.8) is 0 Å². The average Bonchev–Trinajstić information content (AvgIpc) is 3.05. The fourth-order valence-corrected chi connectivity index (χ4v) is 5.04. The third-order valence-corrected chi connectivity index (χ3v) is 6.55. The Hall–Kier alpha value is -2.65. The van der Waals surface area contributed by atoms with E-state index in [-0.39, 0.29) is 23.4 Å². The number of carbonyl (C=O) groups is 1. The van der Waals surface area contributed by atoms with Gasteiger partial charge in [-0.15, -0.1) is 0 Å². The lowest BCUT2D eigenvalue weighted by Crippen LogP contribution is -2.33. The largest absolute Gasteiger partial charge is 0.419 e. The molecule has 0 bridgehead atoms. The molecule has 2 fully saturated rings. The number of fused-ring (bicyclic) bond motifs is 2. The van der Waals surface area contributed by atoms with Crippen molar-refractivity contribution in [3.05, 3.63) is 64.1 Å². The van der Waals surface area contributed by atoms with Gasteiger partial charge in [-0.05, 0) is 60.6 Å². The molecule has 0 unspecified atom stereocenters. The summed E-state index contributed by atoms with van der Waals surface area (Å²) in [5.41, 5.74) is -1.50. The number of carbonyl (C=O) groups excluding carboxylic acids is 1. The monoisotopic (exact) mass is 453 g/mol. The fraction of sp³-hybridized carbons (Fsp3) is 0.333. The Kier molecular flexibility index (Phi) is 4.36. The lowest BCUT2D eigenvalue weighted by Gasteiger charge is -2.27. The molecule has 10 heteroatoms. The number of H-pyrrole nitrogens is 1. The molecular weight excluding hydrogens is 438 g/mol. The van der Waals surface area contributed by atoms with Gasteiger partial charge in [0.1, 0.15) is 5.82 Å². The van der Waals surface area contributed by atoms with E-state index in [2.05, 4.69) is 15.5 Å². The van der Waals surface area contributed by atoms with Gasteiger partial charge in [0.25, 0.3) is 5.91 Å². The molecule has 1 amide bonds. The maximum atomic E-state index is 13.5. The number of hydrogen-bond donors (Lipinski definition) is 3. The number of alkyl halides is 3. The van der Waals surface area contributed by atoms with E-state index >= 15 is 0 Å². The van der Waals surface area contributed by atoms with Gasteiger partial charge in [0, 0.05) is 22.0 Å². The van der Waals surface area contributed by atoms with Gasteiger partial charge < -0.3 is 10.4 Å². The summed E-state index contributed by atoms with van der Waals surface area (Å²) < 4.78 is 52.2. The first-order chi connectivity index (χ1) is 14.6. The number of nitrogens with zero attached hydrogens (tertiary/aromatic N) is 1. The number of benzene rings is 2. The molecule has 3 aromatic rings. The molecule has 3 N–H and O–H groups in total. The summed E-state index contributed by atoms with van der Waals surface area (Å²) in [7, 11) is 0. The summed E-state index contributed by atoms with van der Waals surface area (Å²) >= 11 is 6.17. The lowest BCUT2D eigenvalue weighted by molar-refractivity contribution is -0.140. The average molecular weight is 454 g/mol. The second kappa shape index (κ2) is 6.67. The maximum absolute atomic E-state index is 13.5. The molecular formula is C21H16ClF4N3O2. The topological polar surface area (TPSA) is 78.0 Å². The zero-order valence-corrected chi connectivity index (χ0v) is 16.6. The van der Waals surface area contributed by atoms with Crippen molar-refractivity contribution in [2.24, 2.45) is 11.8 Å². The molecule has 2 aliphatic rings. The summed E-state index contributed by atoms with van der Waals surface area (Å²) in [6, 6.07) is 5.34. The van der Waals surface area contributed by atoms with Gasteiger partial charge in [-0.1, -0.05) is 11.6 Å². The van der Waals surface area contributed by atoms with E-state index in [0.29, 0.717) is 41.1 Å². The molecule has 2 saturated carbocycles. The second-order valence-electron chi connectivity index (χ2n) is 8.24. The predicted octanol–water partition coefficient (Wildman–Crippen LogP) is 4.40. The molecule has 0 radical (unpaired) electrons. The van der Waals surface area contributed by atoms with Crippen LogP contribution in [0.1, 0.15) is 34.3 Å². The predicted molar refractivity (Wildman–Crippen MR) is 104 cm³/mol. The van der Waals surface area contributed by atoms with Crippen LogP contribution < -0.4 is 5.32 Å². The van der Waals surface area contributed by atoms with Crippen LogP contribution in [0.4, 0.5) is 17.6 Å².